The second-order valence-electron chi connectivity index (χ2n) is 8.99. The van der Waals surface area contributed by atoms with E-state index < -0.39 is 18.1 Å². The Morgan fingerprint density at radius 3 is 2.08 bits per heavy atom. The zero-order valence-electron chi connectivity index (χ0n) is 20.2. The predicted molar refractivity (Wildman–Crippen MR) is 141 cm³/mol. The highest BCUT2D eigenvalue weighted by molar-refractivity contribution is 5.81. The minimum Gasteiger partial charge on any atom is -0.489 e. The molecule has 0 fully saturated rings. The van der Waals surface area contributed by atoms with Gasteiger partial charge in [-0.25, -0.2) is 9.59 Å². The molecule has 0 aliphatic heterocycles. The van der Waals surface area contributed by atoms with Gasteiger partial charge in [0.2, 0.25) is 0 Å². The number of carboxylic acids is 1. The molecule has 2 N–H and O–H groups in total. The van der Waals surface area contributed by atoms with Gasteiger partial charge in [-0.05, 0) is 45.5 Å². The third-order valence-corrected chi connectivity index (χ3v) is 6.52. The monoisotopic (exact) mass is 493 g/mol. The van der Waals surface area contributed by atoms with Crippen LogP contribution in [-0.2, 0) is 22.6 Å². The lowest BCUT2D eigenvalue weighted by Crippen LogP contribution is -2.42. The predicted octanol–water partition coefficient (Wildman–Crippen LogP) is 5.80. The van der Waals surface area contributed by atoms with E-state index in [2.05, 4.69) is 17.4 Å². The molecule has 0 spiro atoms. The van der Waals surface area contributed by atoms with Crippen LogP contribution in [-0.4, -0.2) is 29.8 Å². The zero-order chi connectivity index (χ0) is 25.6. The third kappa shape index (κ3) is 5.64. The molecule has 1 aliphatic carbocycles. The lowest BCUT2D eigenvalue weighted by Gasteiger charge is -2.18. The van der Waals surface area contributed by atoms with Crippen LogP contribution in [0.15, 0.2) is 103 Å². The van der Waals surface area contributed by atoms with Crippen LogP contribution in [0.3, 0.4) is 0 Å². The summed E-state index contributed by atoms with van der Waals surface area (Å²) in [5.74, 6) is -0.601. The zero-order valence-corrected chi connectivity index (χ0v) is 20.2. The first-order valence-electron chi connectivity index (χ1n) is 12.2. The highest BCUT2D eigenvalue weighted by Gasteiger charge is 2.29. The van der Waals surface area contributed by atoms with Gasteiger partial charge in [0, 0.05) is 12.3 Å². The van der Waals surface area contributed by atoms with Crippen molar-refractivity contribution in [2.24, 2.45) is 0 Å². The molecule has 0 bridgehead atoms. The Hall–Kier alpha value is -4.58. The van der Waals surface area contributed by atoms with E-state index in [0.717, 1.165) is 33.4 Å². The number of fused-ring (bicyclic) bond motifs is 3. The maximum atomic E-state index is 12.6. The van der Waals surface area contributed by atoms with Gasteiger partial charge in [0.25, 0.3) is 0 Å². The quantitative estimate of drug-likeness (QED) is 0.308. The van der Waals surface area contributed by atoms with Crippen molar-refractivity contribution in [3.63, 3.8) is 0 Å². The molecule has 37 heavy (non-hydrogen) atoms. The number of hydrogen-bond donors (Lipinski definition) is 2. The average molecular weight is 494 g/mol. The summed E-state index contributed by atoms with van der Waals surface area (Å²) >= 11 is 0. The third-order valence-electron chi connectivity index (χ3n) is 6.52. The number of carbonyl (C=O) groups excluding carboxylic acids is 1. The molecule has 1 unspecified atom stereocenters. The standard InChI is InChI=1S/C31H27NO5/c33-30(34)29(18-22-11-8-12-23(17-22)36-19-21-9-2-1-3-10-21)32-31(35)37-20-28-26-15-6-4-13-24(26)25-14-5-7-16-27(25)28/h1-17,28-29H,18-20H2,(H,32,35)(H,33,34). The van der Waals surface area contributed by atoms with E-state index in [0.29, 0.717) is 12.4 Å². The van der Waals surface area contributed by atoms with Crippen molar-refractivity contribution < 1.29 is 24.2 Å². The number of amides is 1. The van der Waals surface area contributed by atoms with E-state index >= 15 is 0 Å². The molecule has 1 aliphatic rings. The average Bonchev–Trinajstić information content (AvgIpc) is 3.25. The SMILES string of the molecule is O=C(NC(Cc1cccc(OCc2ccccc2)c1)C(=O)O)OCC1c2ccccc2-c2ccccc21. The van der Waals surface area contributed by atoms with E-state index in [-0.39, 0.29) is 18.9 Å². The molecule has 6 heteroatoms. The first-order valence-corrected chi connectivity index (χ1v) is 12.2. The molecule has 0 saturated heterocycles. The molecule has 4 aromatic rings. The molecule has 0 aromatic heterocycles. The van der Waals surface area contributed by atoms with Gasteiger partial charge in [0.15, 0.2) is 0 Å². The van der Waals surface area contributed by atoms with Gasteiger partial charge in [-0.2, -0.15) is 0 Å². The van der Waals surface area contributed by atoms with Crippen LogP contribution in [0.1, 0.15) is 28.2 Å². The first kappa shape index (κ1) is 24.1. The largest absolute Gasteiger partial charge is 0.489 e. The normalized spacial score (nSPS) is 12.8. The Labute approximate surface area is 215 Å². The van der Waals surface area contributed by atoms with Crippen molar-refractivity contribution in [3.8, 4) is 16.9 Å². The van der Waals surface area contributed by atoms with Crippen molar-refractivity contribution in [2.45, 2.75) is 25.0 Å². The van der Waals surface area contributed by atoms with Gasteiger partial charge < -0.3 is 19.9 Å². The van der Waals surface area contributed by atoms with Crippen LogP contribution >= 0.6 is 0 Å². The summed E-state index contributed by atoms with van der Waals surface area (Å²) in [6, 6.07) is 32.0. The van der Waals surface area contributed by atoms with Crippen molar-refractivity contribution in [2.75, 3.05) is 6.61 Å². The van der Waals surface area contributed by atoms with Crippen LogP contribution in [0.5, 0.6) is 5.75 Å². The lowest BCUT2D eigenvalue weighted by atomic mass is 9.98. The summed E-state index contributed by atoms with van der Waals surface area (Å²) in [4.78, 5) is 24.6. The van der Waals surface area contributed by atoms with E-state index in [4.69, 9.17) is 9.47 Å². The van der Waals surface area contributed by atoms with Crippen LogP contribution in [0.2, 0.25) is 0 Å². The molecular weight excluding hydrogens is 466 g/mol. The molecule has 0 saturated carbocycles. The maximum Gasteiger partial charge on any atom is 0.407 e. The summed E-state index contributed by atoms with van der Waals surface area (Å²) in [5.41, 5.74) is 6.22. The first-order chi connectivity index (χ1) is 18.1. The van der Waals surface area contributed by atoms with Crippen LogP contribution in [0.25, 0.3) is 11.1 Å². The Morgan fingerprint density at radius 2 is 1.41 bits per heavy atom. The van der Waals surface area contributed by atoms with Crippen molar-refractivity contribution in [1.29, 1.82) is 0 Å². The second kappa shape index (κ2) is 11.0. The lowest BCUT2D eigenvalue weighted by molar-refractivity contribution is -0.139. The van der Waals surface area contributed by atoms with E-state index in [1.807, 2.05) is 84.9 Å². The maximum absolute atomic E-state index is 12.6. The van der Waals surface area contributed by atoms with Gasteiger partial charge in [-0.15, -0.1) is 0 Å². The molecular formula is C31H27NO5. The molecule has 1 atom stereocenters. The molecule has 6 nitrogen and oxygen atoms in total. The Balaban J connectivity index is 1.20. The van der Waals surface area contributed by atoms with Crippen LogP contribution in [0, 0.1) is 0 Å². The second-order valence-corrected chi connectivity index (χ2v) is 8.99. The summed E-state index contributed by atoms with van der Waals surface area (Å²) in [6.45, 7) is 0.527. The van der Waals surface area contributed by atoms with Gasteiger partial charge in [-0.1, -0.05) is 91.0 Å². The highest BCUT2D eigenvalue weighted by Crippen LogP contribution is 2.44. The number of aliphatic carboxylic acids is 1. The summed E-state index contributed by atoms with van der Waals surface area (Å²) < 4.78 is 11.4. The number of nitrogens with one attached hydrogen (secondary N) is 1. The molecule has 1 amide bonds. The smallest absolute Gasteiger partial charge is 0.407 e. The van der Waals surface area contributed by atoms with Crippen molar-refractivity contribution >= 4 is 12.1 Å². The van der Waals surface area contributed by atoms with Gasteiger partial charge >= 0.3 is 12.1 Å². The summed E-state index contributed by atoms with van der Waals surface area (Å²) in [6.07, 6.45) is -0.659. The fourth-order valence-corrected chi connectivity index (χ4v) is 4.72. The minimum atomic E-state index is -1.14. The number of benzene rings is 4. The number of hydrogen-bond acceptors (Lipinski definition) is 4. The summed E-state index contributed by atoms with van der Waals surface area (Å²) in [7, 11) is 0. The topological polar surface area (TPSA) is 84.9 Å². The van der Waals surface area contributed by atoms with Crippen LogP contribution in [0.4, 0.5) is 4.79 Å². The Morgan fingerprint density at radius 1 is 0.784 bits per heavy atom. The highest BCUT2D eigenvalue weighted by atomic mass is 16.5. The number of ether oxygens (including phenoxy) is 2. The Bertz CT molecular complexity index is 1360. The van der Waals surface area contributed by atoms with Crippen molar-refractivity contribution in [1.82, 2.24) is 5.32 Å². The Kier molecular flexibility index (Phi) is 7.17. The van der Waals surface area contributed by atoms with E-state index in [1.165, 1.54) is 0 Å². The van der Waals surface area contributed by atoms with Crippen molar-refractivity contribution in [3.05, 3.63) is 125 Å². The van der Waals surface area contributed by atoms with Gasteiger partial charge in [0.1, 0.15) is 25.0 Å². The summed E-state index contributed by atoms with van der Waals surface area (Å²) in [5, 5.41) is 12.3. The van der Waals surface area contributed by atoms with Crippen LogP contribution < -0.4 is 10.1 Å². The molecule has 186 valence electrons. The fraction of sp³-hybridized carbons (Fsp3) is 0.161. The molecule has 4 aromatic carbocycles. The van der Waals surface area contributed by atoms with E-state index in [1.54, 1.807) is 6.07 Å². The molecule has 0 heterocycles. The number of carbonyl (C=O) groups is 2. The van der Waals surface area contributed by atoms with E-state index in [9.17, 15) is 14.7 Å². The van der Waals surface area contributed by atoms with Gasteiger partial charge in [-0.3, -0.25) is 0 Å². The molecule has 5 rings (SSSR count). The minimum absolute atomic E-state index is 0.0973. The molecule has 0 radical (unpaired) electrons. The fourth-order valence-electron chi connectivity index (χ4n) is 4.72. The number of alkyl carbamates (subject to hydrolysis) is 1. The number of carboxylic acid groups (broad SMARTS) is 1. The number of rotatable bonds is 9. The van der Waals surface area contributed by atoms with Gasteiger partial charge in [0.05, 0.1) is 0 Å².